The summed E-state index contributed by atoms with van der Waals surface area (Å²) in [7, 11) is 1.74. The van der Waals surface area contributed by atoms with Crippen LogP contribution < -0.4 is 5.32 Å². The first-order valence-electron chi connectivity index (χ1n) is 6.47. The first-order valence-corrected chi connectivity index (χ1v) is 6.47. The number of rotatable bonds is 6. The molecule has 0 aliphatic rings. The number of hydrogen-bond acceptors (Lipinski definition) is 5. The molecule has 0 atom stereocenters. The van der Waals surface area contributed by atoms with E-state index in [1.807, 2.05) is 6.92 Å². The molecule has 6 nitrogen and oxygen atoms in total. The first-order chi connectivity index (χ1) is 9.90. The average Bonchev–Trinajstić information content (AvgIpc) is 2.76. The number of aromatic nitrogens is 4. The normalized spacial score (nSPS) is 12.0. The lowest BCUT2D eigenvalue weighted by molar-refractivity contribution is -0.146. The molecular weight excluding hydrogens is 287 g/mol. The van der Waals surface area contributed by atoms with Gasteiger partial charge in [0.25, 0.3) is 0 Å². The van der Waals surface area contributed by atoms with Crippen molar-refractivity contribution in [3.05, 3.63) is 12.0 Å². The van der Waals surface area contributed by atoms with Gasteiger partial charge in [-0.1, -0.05) is 0 Å². The molecule has 21 heavy (non-hydrogen) atoms. The SMILES string of the molecule is CCNc1nc(COCCC(F)(F)F)nc2c1cnn2C. The van der Waals surface area contributed by atoms with Gasteiger partial charge in [0, 0.05) is 13.6 Å². The average molecular weight is 303 g/mol. The Bertz CT molecular complexity index is 611. The number of aryl methyl sites for hydroxylation is 1. The molecule has 2 rings (SSSR count). The zero-order chi connectivity index (χ0) is 15.5. The van der Waals surface area contributed by atoms with Crippen molar-refractivity contribution in [2.45, 2.75) is 26.1 Å². The molecule has 116 valence electrons. The van der Waals surface area contributed by atoms with Crippen molar-refractivity contribution in [2.24, 2.45) is 7.05 Å². The summed E-state index contributed by atoms with van der Waals surface area (Å²) in [6.45, 7) is 2.10. The van der Waals surface area contributed by atoms with E-state index in [1.54, 1.807) is 17.9 Å². The fraction of sp³-hybridized carbons (Fsp3) is 0.583. The molecule has 0 aliphatic carbocycles. The second kappa shape index (κ2) is 6.25. The van der Waals surface area contributed by atoms with Gasteiger partial charge in [-0.15, -0.1) is 0 Å². The van der Waals surface area contributed by atoms with Crippen LogP contribution in [0.1, 0.15) is 19.2 Å². The van der Waals surface area contributed by atoms with E-state index in [0.29, 0.717) is 23.8 Å². The molecule has 0 spiro atoms. The van der Waals surface area contributed by atoms with Gasteiger partial charge in [0.15, 0.2) is 11.5 Å². The summed E-state index contributed by atoms with van der Waals surface area (Å²) in [5.41, 5.74) is 0.607. The summed E-state index contributed by atoms with van der Waals surface area (Å²) in [6, 6.07) is 0. The van der Waals surface area contributed by atoms with Crippen LogP contribution in [0.15, 0.2) is 6.20 Å². The summed E-state index contributed by atoms with van der Waals surface area (Å²) in [5.74, 6) is 0.925. The third-order valence-corrected chi connectivity index (χ3v) is 2.74. The van der Waals surface area contributed by atoms with Gasteiger partial charge >= 0.3 is 6.18 Å². The first kappa shape index (κ1) is 15.5. The van der Waals surface area contributed by atoms with Crippen molar-refractivity contribution < 1.29 is 17.9 Å². The molecule has 0 unspecified atom stereocenters. The van der Waals surface area contributed by atoms with Crippen LogP contribution in [0.2, 0.25) is 0 Å². The Hall–Kier alpha value is -1.90. The second-order valence-electron chi connectivity index (χ2n) is 4.44. The lowest BCUT2D eigenvalue weighted by Gasteiger charge is -2.09. The number of alkyl halides is 3. The van der Waals surface area contributed by atoms with E-state index in [4.69, 9.17) is 4.74 Å². The van der Waals surface area contributed by atoms with Crippen molar-refractivity contribution in [3.63, 3.8) is 0 Å². The van der Waals surface area contributed by atoms with Crippen LogP contribution >= 0.6 is 0 Å². The van der Waals surface area contributed by atoms with Crippen molar-refractivity contribution >= 4 is 16.9 Å². The standard InChI is InChI=1S/C12H16F3N5O/c1-3-16-10-8-6-17-20(2)11(8)19-9(18-10)7-21-5-4-12(13,14)15/h6H,3-5,7H2,1-2H3,(H,16,18,19). The Labute approximate surface area is 119 Å². The number of fused-ring (bicyclic) bond motifs is 1. The van der Waals surface area contributed by atoms with Crippen LogP contribution in [0.3, 0.4) is 0 Å². The minimum Gasteiger partial charge on any atom is -0.373 e. The molecule has 0 bridgehead atoms. The number of nitrogens with zero attached hydrogens (tertiary/aromatic N) is 4. The molecule has 0 fully saturated rings. The molecule has 0 radical (unpaired) electrons. The Morgan fingerprint density at radius 3 is 2.76 bits per heavy atom. The van der Waals surface area contributed by atoms with Crippen LogP contribution in [0.5, 0.6) is 0 Å². The van der Waals surface area contributed by atoms with Gasteiger partial charge in [-0.25, -0.2) is 9.97 Å². The maximum absolute atomic E-state index is 12.0. The van der Waals surface area contributed by atoms with Crippen molar-refractivity contribution in [2.75, 3.05) is 18.5 Å². The van der Waals surface area contributed by atoms with Gasteiger partial charge in [-0.05, 0) is 6.92 Å². The van der Waals surface area contributed by atoms with Gasteiger partial charge in [0.05, 0.1) is 24.6 Å². The molecule has 0 saturated heterocycles. The highest BCUT2D eigenvalue weighted by molar-refractivity contribution is 5.86. The van der Waals surface area contributed by atoms with Crippen molar-refractivity contribution in [3.8, 4) is 0 Å². The second-order valence-corrected chi connectivity index (χ2v) is 4.44. The summed E-state index contributed by atoms with van der Waals surface area (Å²) in [4.78, 5) is 8.51. The Kier molecular flexibility index (Phi) is 4.61. The molecule has 0 aliphatic heterocycles. The zero-order valence-electron chi connectivity index (χ0n) is 11.7. The van der Waals surface area contributed by atoms with Crippen LogP contribution in [0, 0.1) is 0 Å². The quantitative estimate of drug-likeness (QED) is 0.829. The van der Waals surface area contributed by atoms with E-state index in [9.17, 15) is 13.2 Å². The largest absolute Gasteiger partial charge is 0.391 e. The van der Waals surface area contributed by atoms with Gasteiger partial charge < -0.3 is 10.1 Å². The highest BCUT2D eigenvalue weighted by Gasteiger charge is 2.26. The zero-order valence-corrected chi connectivity index (χ0v) is 11.7. The predicted molar refractivity (Wildman–Crippen MR) is 70.8 cm³/mol. The Balaban J connectivity index is 2.10. The fourth-order valence-electron chi connectivity index (χ4n) is 1.79. The minimum atomic E-state index is -4.22. The van der Waals surface area contributed by atoms with Gasteiger partial charge in [0.2, 0.25) is 0 Å². The van der Waals surface area contributed by atoms with E-state index in [0.717, 1.165) is 5.39 Å². The molecule has 0 amide bonds. The van der Waals surface area contributed by atoms with Gasteiger partial charge in [-0.2, -0.15) is 18.3 Å². The number of ether oxygens (including phenoxy) is 1. The number of anilines is 1. The molecular formula is C12H16F3N5O. The van der Waals surface area contributed by atoms with Gasteiger partial charge in [-0.3, -0.25) is 4.68 Å². The monoisotopic (exact) mass is 303 g/mol. The van der Waals surface area contributed by atoms with Crippen molar-refractivity contribution in [1.29, 1.82) is 0 Å². The Morgan fingerprint density at radius 2 is 2.10 bits per heavy atom. The van der Waals surface area contributed by atoms with Crippen LogP contribution in [-0.4, -0.2) is 39.1 Å². The topological polar surface area (TPSA) is 64.9 Å². The fourth-order valence-corrected chi connectivity index (χ4v) is 1.79. The van der Waals surface area contributed by atoms with E-state index in [-0.39, 0.29) is 6.61 Å². The summed E-state index contributed by atoms with van der Waals surface area (Å²) >= 11 is 0. The highest BCUT2D eigenvalue weighted by Crippen LogP contribution is 2.21. The molecule has 9 heteroatoms. The summed E-state index contributed by atoms with van der Waals surface area (Å²) in [5, 5.41) is 7.93. The van der Waals surface area contributed by atoms with E-state index < -0.39 is 19.2 Å². The van der Waals surface area contributed by atoms with E-state index in [2.05, 4.69) is 20.4 Å². The molecule has 0 saturated carbocycles. The van der Waals surface area contributed by atoms with E-state index in [1.165, 1.54) is 0 Å². The molecule has 0 aromatic carbocycles. The third-order valence-electron chi connectivity index (χ3n) is 2.74. The maximum atomic E-state index is 12.0. The van der Waals surface area contributed by atoms with Crippen LogP contribution in [0.25, 0.3) is 11.0 Å². The Morgan fingerprint density at radius 1 is 1.33 bits per heavy atom. The molecule has 2 aromatic rings. The van der Waals surface area contributed by atoms with Crippen LogP contribution in [-0.2, 0) is 18.4 Å². The minimum absolute atomic E-state index is 0.0738. The maximum Gasteiger partial charge on any atom is 0.391 e. The lowest BCUT2D eigenvalue weighted by Crippen LogP contribution is -2.12. The van der Waals surface area contributed by atoms with Crippen LogP contribution in [0.4, 0.5) is 19.0 Å². The molecule has 2 aromatic heterocycles. The van der Waals surface area contributed by atoms with Gasteiger partial charge in [0.1, 0.15) is 12.4 Å². The van der Waals surface area contributed by atoms with E-state index >= 15 is 0 Å². The predicted octanol–water partition coefficient (Wildman–Crippen LogP) is 2.26. The number of hydrogen-bond donors (Lipinski definition) is 1. The third kappa shape index (κ3) is 4.03. The molecule has 1 N–H and O–H groups in total. The summed E-state index contributed by atoms with van der Waals surface area (Å²) in [6.07, 6.45) is -3.57. The number of nitrogens with one attached hydrogen (secondary N) is 1. The summed E-state index contributed by atoms with van der Waals surface area (Å²) < 4.78 is 42.7. The van der Waals surface area contributed by atoms with Crippen molar-refractivity contribution in [1.82, 2.24) is 19.7 Å². The lowest BCUT2D eigenvalue weighted by atomic mass is 10.3. The highest BCUT2D eigenvalue weighted by atomic mass is 19.4. The number of halogens is 3. The molecule has 2 heterocycles. The smallest absolute Gasteiger partial charge is 0.373 e.